The Morgan fingerprint density at radius 1 is 1.30 bits per heavy atom. The molecular formula is C20H25ClN4O4S. The number of amides is 1. The molecule has 2 heterocycles. The van der Waals surface area contributed by atoms with Crippen molar-refractivity contribution in [2.45, 2.75) is 30.4 Å². The van der Waals surface area contributed by atoms with Gasteiger partial charge >= 0.3 is 0 Å². The van der Waals surface area contributed by atoms with E-state index in [1.54, 1.807) is 6.20 Å². The lowest BCUT2D eigenvalue weighted by Crippen LogP contribution is -2.32. The van der Waals surface area contributed by atoms with Gasteiger partial charge in [-0.05, 0) is 42.7 Å². The van der Waals surface area contributed by atoms with Crippen LogP contribution in [-0.4, -0.2) is 52.7 Å². The molecule has 1 fully saturated rings. The lowest BCUT2D eigenvalue weighted by molar-refractivity contribution is 0.0950. The summed E-state index contributed by atoms with van der Waals surface area (Å²) in [6.45, 7) is 1.07. The minimum Gasteiger partial charge on any atom is -0.377 e. The highest BCUT2D eigenvalue weighted by atomic mass is 35.5. The molecule has 3 rings (SSSR count). The van der Waals surface area contributed by atoms with Crippen LogP contribution in [0.4, 0.5) is 5.82 Å². The SMILES string of the molecule is CN(C)c1ccc(CNC(=O)c2ccc(Cl)c(S(=O)(=O)NCC3CCCO3)c2)cn1. The Balaban J connectivity index is 1.66. The van der Waals surface area contributed by atoms with E-state index in [2.05, 4.69) is 15.0 Å². The molecule has 1 unspecified atom stereocenters. The van der Waals surface area contributed by atoms with Crippen molar-refractivity contribution in [3.63, 3.8) is 0 Å². The van der Waals surface area contributed by atoms with Gasteiger partial charge in [0.2, 0.25) is 10.0 Å². The molecule has 8 nitrogen and oxygen atoms in total. The zero-order valence-corrected chi connectivity index (χ0v) is 18.5. The number of carbonyl (C=O) groups excluding carboxylic acids is 1. The van der Waals surface area contributed by atoms with E-state index in [-0.39, 0.29) is 34.7 Å². The summed E-state index contributed by atoms with van der Waals surface area (Å²) in [5, 5.41) is 2.82. The van der Waals surface area contributed by atoms with Gasteiger partial charge in [0.05, 0.1) is 11.1 Å². The van der Waals surface area contributed by atoms with Crippen molar-refractivity contribution >= 4 is 33.3 Å². The lowest BCUT2D eigenvalue weighted by Gasteiger charge is -2.13. The van der Waals surface area contributed by atoms with Crippen molar-refractivity contribution in [1.29, 1.82) is 0 Å². The minimum atomic E-state index is -3.87. The third-order valence-electron chi connectivity index (χ3n) is 4.73. The van der Waals surface area contributed by atoms with E-state index < -0.39 is 15.9 Å². The van der Waals surface area contributed by atoms with E-state index >= 15 is 0 Å². The molecule has 0 aliphatic carbocycles. The number of nitrogens with zero attached hydrogens (tertiary/aromatic N) is 2. The molecule has 1 atom stereocenters. The number of hydrogen-bond donors (Lipinski definition) is 2. The van der Waals surface area contributed by atoms with Crippen molar-refractivity contribution < 1.29 is 17.9 Å². The van der Waals surface area contributed by atoms with Gasteiger partial charge in [0, 0.05) is 45.6 Å². The fourth-order valence-electron chi connectivity index (χ4n) is 3.01. The molecule has 1 aromatic heterocycles. The summed E-state index contributed by atoms with van der Waals surface area (Å²) in [6, 6.07) is 7.90. The first-order valence-electron chi connectivity index (χ1n) is 9.57. The average molecular weight is 453 g/mol. The van der Waals surface area contributed by atoms with Crippen LogP contribution in [0.5, 0.6) is 0 Å². The number of halogens is 1. The van der Waals surface area contributed by atoms with Crippen LogP contribution in [0.15, 0.2) is 41.4 Å². The molecule has 162 valence electrons. The second kappa shape index (κ2) is 9.74. The van der Waals surface area contributed by atoms with Gasteiger partial charge in [-0.1, -0.05) is 17.7 Å². The Bertz CT molecular complexity index is 990. The Morgan fingerprint density at radius 2 is 2.10 bits per heavy atom. The molecule has 1 amide bonds. The van der Waals surface area contributed by atoms with Crippen molar-refractivity contribution in [2.75, 3.05) is 32.1 Å². The molecule has 1 aliphatic rings. The normalized spacial score (nSPS) is 16.4. The van der Waals surface area contributed by atoms with Crippen molar-refractivity contribution in [3.8, 4) is 0 Å². The monoisotopic (exact) mass is 452 g/mol. The van der Waals surface area contributed by atoms with Gasteiger partial charge in [-0.3, -0.25) is 4.79 Å². The van der Waals surface area contributed by atoms with E-state index in [0.29, 0.717) is 6.61 Å². The van der Waals surface area contributed by atoms with Crippen molar-refractivity contribution in [1.82, 2.24) is 15.0 Å². The van der Waals surface area contributed by atoms with E-state index in [1.807, 2.05) is 31.1 Å². The maximum atomic E-state index is 12.7. The molecule has 10 heteroatoms. The largest absolute Gasteiger partial charge is 0.377 e. The zero-order chi connectivity index (χ0) is 21.7. The Labute approximate surface area is 181 Å². The summed E-state index contributed by atoms with van der Waals surface area (Å²) in [7, 11) is -0.0822. The van der Waals surface area contributed by atoms with Crippen LogP contribution in [0, 0.1) is 0 Å². The van der Waals surface area contributed by atoms with Gasteiger partial charge in [-0.2, -0.15) is 0 Å². The number of pyridine rings is 1. The van der Waals surface area contributed by atoms with Gasteiger partial charge in [0.25, 0.3) is 5.91 Å². The van der Waals surface area contributed by atoms with Gasteiger partial charge in [0.15, 0.2) is 0 Å². The topological polar surface area (TPSA) is 101 Å². The number of nitrogens with one attached hydrogen (secondary N) is 2. The molecule has 0 spiro atoms. The minimum absolute atomic E-state index is 0.0508. The quantitative estimate of drug-likeness (QED) is 0.636. The number of hydrogen-bond acceptors (Lipinski definition) is 6. The Morgan fingerprint density at radius 3 is 2.73 bits per heavy atom. The summed E-state index contributed by atoms with van der Waals surface area (Å²) >= 11 is 6.10. The van der Waals surface area contributed by atoms with Crippen LogP contribution >= 0.6 is 11.6 Å². The molecule has 1 aliphatic heterocycles. The van der Waals surface area contributed by atoms with E-state index in [9.17, 15) is 13.2 Å². The van der Waals surface area contributed by atoms with Crippen molar-refractivity contribution in [2.24, 2.45) is 0 Å². The molecule has 0 saturated carbocycles. The number of sulfonamides is 1. The highest BCUT2D eigenvalue weighted by Crippen LogP contribution is 2.23. The van der Waals surface area contributed by atoms with Crippen LogP contribution in [0.2, 0.25) is 5.02 Å². The van der Waals surface area contributed by atoms with Crippen LogP contribution in [0.3, 0.4) is 0 Å². The maximum Gasteiger partial charge on any atom is 0.251 e. The number of aromatic nitrogens is 1. The van der Waals surface area contributed by atoms with Crippen LogP contribution in [-0.2, 0) is 21.3 Å². The smallest absolute Gasteiger partial charge is 0.251 e. The summed E-state index contributed by atoms with van der Waals surface area (Å²) in [4.78, 5) is 18.6. The number of carbonyl (C=O) groups is 1. The van der Waals surface area contributed by atoms with Crippen molar-refractivity contribution in [3.05, 3.63) is 52.7 Å². The first kappa shape index (κ1) is 22.5. The van der Waals surface area contributed by atoms with E-state index in [1.165, 1.54) is 18.2 Å². The molecular weight excluding hydrogens is 428 g/mol. The number of ether oxygens (including phenoxy) is 1. The third-order valence-corrected chi connectivity index (χ3v) is 6.63. The fourth-order valence-corrected chi connectivity index (χ4v) is 4.60. The fraction of sp³-hybridized carbons (Fsp3) is 0.400. The Hall–Kier alpha value is -2.20. The van der Waals surface area contributed by atoms with Gasteiger partial charge in [0.1, 0.15) is 10.7 Å². The second-order valence-corrected chi connectivity index (χ2v) is 9.38. The molecule has 1 aromatic carbocycles. The molecule has 0 radical (unpaired) electrons. The van der Waals surface area contributed by atoms with E-state index in [4.69, 9.17) is 16.3 Å². The van der Waals surface area contributed by atoms with Gasteiger partial charge < -0.3 is 15.0 Å². The first-order chi connectivity index (χ1) is 14.3. The molecule has 1 saturated heterocycles. The van der Waals surface area contributed by atoms with Gasteiger partial charge in [-0.25, -0.2) is 18.1 Å². The molecule has 2 aromatic rings. The summed E-state index contributed by atoms with van der Waals surface area (Å²) in [5.41, 5.74) is 1.03. The maximum absolute atomic E-state index is 12.7. The summed E-state index contributed by atoms with van der Waals surface area (Å²) in [5.74, 6) is 0.409. The first-order valence-corrected chi connectivity index (χ1v) is 11.4. The Kier molecular flexibility index (Phi) is 7.30. The van der Waals surface area contributed by atoms with Crippen LogP contribution in [0.1, 0.15) is 28.8 Å². The molecule has 30 heavy (non-hydrogen) atoms. The predicted molar refractivity (Wildman–Crippen MR) is 115 cm³/mol. The standard InChI is InChI=1S/C20H25ClN4O4S/c1-25(2)19-8-5-14(11-22-19)12-23-20(26)15-6-7-17(21)18(10-15)30(27,28)24-13-16-4-3-9-29-16/h5-8,10-11,16,24H,3-4,9,12-13H2,1-2H3,(H,23,26). The summed E-state index contributed by atoms with van der Waals surface area (Å²) < 4.78 is 33.3. The number of anilines is 1. The average Bonchev–Trinajstić information content (AvgIpc) is 3.25. The lowest BCUT2D eigenvalue weighted by atomic mass is 10.2. The van der Waals surface area contributed by atoms with Gasteiger partial charge in [-0.15, -0.1) is 0 Å². The highest BCUT2D eigenvalue weighted by molar-refractivity contribution is 7.89. The molecule has 0 bridgehead atoms. The second-order valence-electron chi connectivity index (χ2n) is 7.23. The number of benzene rings is 1. The number of rotatable bonds is 8. The zero-order valence-electron chi connectivity index (χ0n) is 16.9. The van der Waals surface area contributed by atoms with Crippen LogP contribution < -0.4 is 14.9 Å². The summed E-state index contributed by atoms with van der Waals surface area (Å²) in [6.07, 6.45) is 3.26. The van der Waals surface area contributed by atoms with Crippen LogP contribution in [0.25, 0.3) is 0 Å². The predicted octanol–water partition coefficient (Wildman–Crippen LogP) is 2.19. The molecule has 2 N–H and O–H groups in total. The van der Waals surface area contributed by atoms with E-state index in [0.717, 1.165) is 24.2 Å². The third kappa shape index (κ3) is 5.69. The highest BCUT2D eigenvalue weighted by Gasteiger charge is 2.23.